The van der Waals surface area contributed by atoms with Gasteiger partial charge < -0.3 is 20.9 Å². The maximum absolute atomic E-state index is 12.5. The first kappa shape index (κ1) is 25.4. The van der Waals surface area contributed by atoms with Gasteiger partial charge in [0.15, 0.2) is 0 Å². The predicted molar refractivity (Wildman–Crippen MR) is 139 cm³/mol. The van der Waals surface area contributed by atoms with Gasteiger partial charge >= 0.3 is 0 Å². The van der Waals surface area contributed by atoms with Crippen molar-refractivity contribution >= 4 is 23.8 Å². The molecule has 1 aliphatic carbocycles. The normalized spacial score (nSPS) is 23.9. The van der Waals surface area contributed by atoms with Crippen molar-refractivity contribution in [3.63, 3.8) is 0 Å². The Morgan fingerprint density at radius 1 is 1.14 bits per heavy atom. The topological polar surface area (TPSA) is 94.3 Å². The molecule has 4 rings (SSSR count). The summed E-state index contributed by atoms with van der Waals surface area (Å²) in [6, 6.07) is 9.12. The lowest BCUT2D eigenvalue weighted by molar-refractivity contribution is -0.137. The summed E-state index contributed by atoms with van der Waals surface area (Å²) >= 11 is 0. The number of benzene rings is 1. The number of fused-ring (bicyclic) bond motifs is 1. The molecule has 2 saturated heterocycles. The number of nitrogens with one attached hydrogen (secondary N) is 1. The maximum atomic E-state index is 12.5. The van der Waals surface area contributed by atoms with E-state index in [2.05, 4.69) is 46.3 Å². The van der Waals surface area contributed by atoms with E-state index < -0.39 is 5.54 Å². The largest absolute Gasteiger partial charge is 0.353 e. The summed E-state index contributed by atoms with van der Waals surface area (Å²) in [7, 11) is 0. The number of carbonyl (C=O) groups is 2. The van der Waals surface area contributed by atoms with Gasteiger partial charge in [0, 0.05) is 51.5 Å². The van der Waals surface area contributed by atoms with Gasteiger partial charge in [-0.05, 0) is 68.7 Å². The Morgan fingerprint density at radius 3 is 2.34 bits per heavy atom. The molecule has 2 aliphatic heterocycles. The van der Waals surface area contributed by atoms with Gasteiger partial charge in [0.05, 0.1) is 11.2 Å². The van der Waals surface area contributed by atoms with Crippen molar-refractivity contribution in [1.82, 2.24) is 20.0 Å². The zero-order valence-electron chi connectivity index (χ0n) is 21.3. The van der Waals surface area contributed by atoms with E-state index in [1.54, 1.807) is 26.1 Å². The lowest BCUT2D eigenvalue weighted by atomic mass is 10.0. The highest BCUT2D eigenvalue weighted by atomic mass is 16.2. The Morgan fingerprint density at radius 2 is 1.77 bits per heavy atom. The fraction of sp³-hybridized carbons (Fsp3) is 0.593. The van der Waals surface area contributed by atoms with Crippen LogP contribution in [0.25, 0.3) is 0 Å². The molecule has 0 bridgehead atoms. The second kappa shape index (κ2) is 10.9. The van der Waals surface area contributed by atoms with Gasteiger partial charge in [-0.15, -0.1) is 0 Å². The number of carbonyl (C=O) groups excluding carboxylic acids is 2. The first-order valence-electron chi connectivity index (χ1n) is 12.9. The van der Waals surface area contributed by atoms with Gasteiger partial charge in [-0.25, -0.2) is 4.99 Å². The molecule has 0 aromatic heterocycles. The predicted octanol–water partition coefficient (Wildman–Crippen LogP) is 2.13. The fourth-order valence-electron chi connectivity index (χ4n) is 5.30. The number of aliphatic imine (C=N–C) groups is 1. The monoisotopic (exact) mass is 480 g/mol. The Bertz CT molecular complexity index is 933. The minimum atomic E-state index is -0.874. The van der Waals surface area contributed by atoms with Crippen LogP contribution in [0, 0.1) is 11.8 Å². The van der Waals surface area contributed by atoms with Crippen molar-refractivity contribution in [3.05, 3.63) is 42.1 Å². The lowest BCUT2D eigenvalue weighted by Crippen LogP contribution is -2.57. The first-order chi connectivity index (χ1) is 16.8. The van der Waals surface area contributed by atoms with Gasteiger partial charge in [-0.2, -0.15) is 0 Å². The molecule has 35 heavy (non-hydrogen) atoms. The van der Waals surface area contributed by atoms with Crippen LogP contribution in [-0.4, -0.2) is 83.7 Å². The highest BCUT2D eigenvalue weighted by Gasteiger charge is 2.46. The highest BCUT2D eigenvalue weighted by Crippen LogP contribution is 2.46. The van der Waals surface area contributed by atoms with Crippen molar-refractivity contribution in [2.24, 2.45) is 22.6 Å². The molecule has 3 N–H and O–H groups in total. The summed E-state index contributed by atoms with van der Waals surface area (Å²) in [6.07, 6.45) is 7.72. The molecule has 1 saturated carbocycles. The van der Waals surface area contributed by atoms with Crippen LogP contribution >= 0.6 is 0 Å². The van der Waals surface area contributed by atoms with Crippen LogP contribution in [0.1, 0.15) is 39.2 Å². The number of hydrogen-bond acceptors (Lipinski definition) is 5. The summed E-state index contributed by atoms with van der Waals surface area (Å²) < 4.78 is 0. The minimum absolute atomic E-state index is 0.0410. The molecule has 0 radical (unpaired) electrons. The molecule has 2 heterocycles. The minimum Gasteiger partial charge on any atom is -0.353 e. The fourth-order valence-corrected chi connectivity index (χ4v) is 5.30. The molecular weight excluding hydrogens is 440 g/mol. The Balaban J connectivity index is 1.40. The lowest BCUT2D eigenvalue weighted by Gasteiger charge is -2.38. The summed E-state index contributed by atoms with van der Waals surface area (Å²) in [5.74, 6) is 2.64. The van der Waals surface area contributed by atoms with E-state index in [4.69, 9.17) is 10.7 Å². The molecule has 8 nitrogen and oxygen atoms in total. The molecule has 8 heteroatoms. The molecule has 3 unspecified atom stereocenters. The SMILES string of the molecule is CCC(Cc1ccc(/N=C(\C=C/NC=O)N2CCN(C(=O)C(C)(C)N)CC2)cc1)N1CC2CC2C1. The zero-order chi connectivity index (χ0) is 25.0. The molecule has 190 valence electrons. The number of nitrogens with two attached hydrogens (primary N) is 1. The number of piperidine rings is 1. The van der Waals surface area contributed by atoms with E-state index in [1.807, 2.05) is 4.90 Å². The van der Waals surface area contributed by atoms with Gasteiger partial charge in [-0.1, -0.05) is 19.1 Å². The average molecular weight is 481 g/mol. The van der Waals surface area contributed by atoms with Crippen molar-refractivity contribution in [1.29, 1.82) is 0 Å². The molecule has 1 aromatic carbocycles. The zero-order valence-corrected chi connectivity index (χ0v) is 21.3. The van der Waals surface area contributed by atoms with Crippen LogP contribution in [0.5, 0.6) is 0 Å². The van der Waals surface area contributed by atoms with E-state index in [0.717, 1.165) is 29.8 Å². The van der Waals surface area contributed by atoms with Crippen molar-refractivity contribution in [3.8, 4) is 0 Å². The van der Waals surface area contributed by atoms with Crippen LogP contribution in [0.3, 0.4) is 0 Å². The summed E-state index contributed by atoms with van der Waals surface area (Å²) in [4.78, 5) is 34.7. The molecular formula is C27H40N6O2. The smallest absolute Gasteiger partial charge is 0.242 e. The third-order valence-electron chi connectivity index (χ3n) is 7.48. The molecule has 0 spiro atoms. The number of rotatable bonds is 9. The van der Waals surface area contributed by atoms with E-state index in [9.17, 15) is 9.59 Å². The van der Waals surface area contributed by atoms with Crippen LogP contribution < -0.4 is 11.1 Å². The van der Waals surface area contributed by atoms with Crippen molar-refractivity contribution < 1.29 is 9.59 Å². The Labute approximate surface area is 209 Å². The molecule has 3 fully saturated rings. The number of likely N-dealkylation sites (tertiary alicyclic amines) is 1. The highest BCUT2D eigenvalue weighted by molar-refractivity contribution is 5.95. The maximum Gasteiger partial charge on any atom is 0.242 e. The van der Waals surface area contributed by atoms with E-state index in [1.165, 1.54) is 31.5 Å². The summed E-state index contributed by atoms with van der Waals surface area (Å²) in [6.45, 7) is 10.8. The Kier molecular flexibility index (Phi) is 7.91. The number of amidine groups is 1. The first-order valence-corrected chi connectivity index (χ1v) is 12.9. The second-order valence-electron chi connectivity index (χ2n) is 10.7. The van der Waals surface area contributed by atoms with E-state index in [-0.39, 0.29) is 5.91 Å². The quantitative estimate of drug-likeness (QED) is 0.321. The standard InChI is InChI=1S/C27H40N6O2/c1-4-24(33-17-21-16-22(21)18-33)15-20-5-7-23(8-6-20)30-25(9-10-29-19-34)31-11-13-32(14-12-31)26(35)27(2,3)28/h5-10,19,21-22,24H,4,11-18,28H2,1-3H3,(H,29,34)/b10-9-,30-25+. The van der Waals surface area contributed by atoms with Gasteiger partial charge in [0.1, 0.15) is 5.84 Å². The van der Waals surface area contributed by atoms with Crippen LogP contribution in [0.2, 0.25) is 0 Å². The van der Waals surface area contributed by atoms with Gasteiger partial charge in [0.2, 0.25) is 12.3 Å². The number of nitrogens with zero attached hydrogens (tertiary/aromatic N) is 4. The van der Waals surface area contributed by atoms with Crippen LogP contribution in [0.4, 0.5) is 5.69 Å². The number of amides is 2. The van der Waals surface area contributed by atoms with Crippen LogP contribution in [0.15, 0.2) is 41.5 Å². The summed E-state index contributed by atoms with van der Waals surface area (Å²) in [5.41, 5.74) is 7.34. The number of piperazine rings is 1. The third kappa shape index (κ3) is 6.49. The van der Waals surface area contributed by atoms with Gasteiger partial charge in [0.25, 0.3) is 0 Å². The molecule has 3 aliphatic rings. The van der Waals surface area contributed by atoms with E-state index in [0.29, 0.717) is 38.6 Å². The summed E-state index contributed by atoms with van der Waals surface area (Å²) in [5, 5.41) is 2.57. The van der Waals surface area contributed by atoms with Gasteiger partial charge in [-0.3, -0.25) is 14.5 Å². The Hall–Kier alpha value is -2.71. The van der Waals surface area contributed by atoms with Crippen molar-refractivity contribution in [2.75, 3.05) is 39.3 Å². The van der Waals surface area contributed by atoms with Crippen molar-refractivity contribution in [2.45, 2.75) is 51.6 Å². The third-order valence-corrected chi connectivity index (χ3v) is 7.48. The molecule has 3 atom stereocenters. The van der Waals surface area contributed by atoms with E-state index >= 15 is 0 Å². The number of hydrogen-bond donors (Lipinski definition) is 2. The van der Waals surface area contributed by atoms with Crippen LogP contribution in [-0.2, 0) is 16.0 Å². The average Bonchev–Trinajstić information content (AvgIpc) is 3.46. The molecule has 1 aromatic rings. The molecule has 2 amide bonds. The second-order valence-corrected chi connectivity index (χ2v) is 10.7.